The second-order valence-corrected chi connectivity index (χ2v) is 4.04. The molecule has 0 atom stereocenters. The lowest BCUT2D eigenvalue weighted by atomic mass is 10.1. The highest BCUT2D eigenvalue weighted by Gasteiger charge is 2.22. The van der Waals surface area contributed by atoms with E-state index in [9.17, 15) is 25.1 Å². The zero-order valence-electron chi connectivity index (χ0n) is 9.21. The molecule has 0 aromatic heterocycles. The summed E-state index contributed by atoms with van der Waals surface area (Å²) in [5.74, 6) is -1.96. The molecule has 0 spiro atoms. The lowest BCUT2D eigenvalue weighted by Crippen LogP contribution is -2.21. The van der Waals surface area contributed by atoms with Crippen molar-refractivity contribution in [2.45, 2.75) is 0 Å². The number of amides is 1. The van der Waals surface area contributed by atoms with E-state index in [1.54, 1.807) is 0 Å². The van der Waals surface area contributed by atoms with E-state index in [2.05, 4.69) is 10.6 Å². The molecule has 1 amide bonds. The fraction of sp³-hybridized carbons (Fsp3) is 0. The predicted molar refractivity (Wildman–Crippen MR) is 68.3 cm³/mol. The summed E-state index contributed by atoms with van der Waals surface area (Å²) in [6.45, 7) is 0. The normalized spacial score (nSPS) is 16.3. The van der Waals surface area contributed by atoms with Gasteiger partial charge >= 0.3 is 5.69 Å². The molecule has 1 fully saturated rings. The first-order valence-corrected chi connectivity index (χ1v) is 5.33. The summed E-state index contributed by atoms with van der Waals surface area (Å²) >= 11 is 4.72. The number of nitrogens with zero attached hydrogens (tertiary/aromatic N) is 1. The molecule has 0 bridgehead atoms. The zero-order chi connectivity index (χ0) is 14.2. The first-order valence-electron chi connectivity index (χ1n) is 4.93. The summed E-state index contributed by atoms with van der Waals surface area (Å²) in [5, 5.41) is 34.4. The Labute approximate surface area is 111 Å². The Hall–Kier alpha value is -2.68. The molecule has 1 aliphatic rings. The summed E-state index contributed by atoms with van der Waals surface area (Å²) in [6.07, 6.45) is 1.26. The lowest BCUT2D eigenvalue weighted by Gasteiger charge is -2.02. The smallest absolute Gasteiger partial charge is 0.315 e. The van der Waals surface area contributed by atoms with Gasteiger partial charge in [-0.05, 0) is 29.9 Å². The fourth-order valence-corrected chi connectivity index (χ4v) is 1.70. The van der Waals surface area contributed by atoms with Gasteiger partial charge in [-0.15, -0.1) is 0 Å². The SMILES string of the molecule is O=C1NC(=S)NC1=Cc1cc(O)c(O)c([N+](=O)[O-])c1. The number of hydrogen-bond acceptors (Lipinski definition) is 6. The summed E-state index contributed by atoms with van der Waals surface area (Å²) < 4.78 is 0. The van der Waals surface area contributed by atoms with Crippen molar-refractivity contribution in [3.63, 3.8) is 0 Å². The highest BCUT2D eigenvalue weighted by molar-refractivity contribution is 7.80. The first kappa shape index (κ1) is 12.8. The largest absolute Gasteiger partial charge is 0.504 e. The van der Waals surface area contributed by atoms with Crippen LogP contribution >= 0.6 is 12.2 Å². The van der Waals surface area contributed by atoms with Crippen molar-refractivity contribution in [2.75, 3.05) is 0 Å². The molecule has 9 heteroatoms. The maximum Gasteiger partial charge on any atom is 0.315 e. The van der Waals surface area contributed by atoms with Crippen LogP contribution in [0.15, 0.2) is 17.8 Å². The van der Waals surface area contributed by atoms with Crippen LogP contribution in [-0.2, 0) is 4.79 Å². The zero-order valence-corrected chi connectivity index (χ0v) is 10.0. The van der Waals surface area contributed by atoms with Crippen LogP contribution in [0.5, 0.6) is 11.5 Å². The van der Waals surface area contributed by atoms with Crippen molar-refractivity contribution in [1.82, 2.24) is 10.6 Å². The van der Waals surface area contributed by atoms with Gasteiger partial charge in [-0.1, -0.05) is 0 Å². The lowest BCUT2D eigenvalue weighted by molar-refractivity contribution is -0.386. The predicted octanol–water partition coefficient (Wildman–Crippen LogP) is 0.351. The minimum atomic E-state index is -0.843. The average Bonchev–Trinajstić information content (AvgIpc) is 2.62. The Morgan fingerprint density at radius 1 is 1.32 bits per heavy atom. The highest BCUT2D eigenvalue weighted by Crippen LogP contribution is 2.36. The van der Waals surface area contributed by atoms with Gasteiger partial charge in [-0.2, -0.15) is 0 Å². The van der Waals surface area contributed by atoms with Gasteiger partial charge in [-0.25, -0.2) is 0 Å². The van der Waals surface area contributed by atoms with E-state index in [4.69, 9.17) is 12.2 Å². The second kappa shape index (κ2) is 4.53. The molecular formula is C10H7N3O5S. The number of rotatable bonds is 2. The molecule has 1 heterocycles. The van der Waals surface area contributed by atoms with E-state index in [-0.39, 0.29) is 16.4 Å². The van der Waals surface area contributed by atoms with Crippen LogP contribution < -0.4 is 10.6 Å². The van der Waals surface area contributed by atoms with E-state index in [0.717, 1.165) is 12.1 Å². The van der Waals surface area contributed by atoms with Gasteiger partial charge in [0.2, 0.25) is 5.75 Å². The molecule has 0 aliphatic carbocycles. The summed E-state index contributed by atoms with van der Waals surface area (Å²) in [4.78, 5) is 21.2. The van der Waals surface area contributed by atoms with Gasteiger partial charge in [0, 0.05) is 6.07 Å². The van der Waals surface area contributed by atoms with E-state index in [1.807, 2.05) is 0 Å². The Kier molecular flexibility index (Phi) is 3.05. The molecular weight excluding hydrogens is 274 g/mol. The Morgan fingerprint density at radius 3 is 2.53 bits per heavy atom. The van der Waals surface area contributed by atoms with Gasteiger partial charge in [0.15, 0.2) is 10.9 Å². The van der Waals surface area contributed by atoms with Crippen LogP contribution in [0, 0.1) is 10.1 Å². The van der Waals surface area contributed by atoms with Crippen LogP contribution in [0.25, 0.3) is 6.08 Å². The highest BCUT2D eigenvalue weighted by atomic mass is 32.1. The fourth-order valence-electron chi connectivity index (χ4n) is 1.50. The second-order valence-electron chi connectivity index (χ2n) is 3.63. The van der Waals surface area contributed by atoms with Gasteiger partial charge in [0.1, 0.15) is 5.70 Å². The minimum Gasteiger partial charge on any atom is -0.504 e. The number of aromatic hydroxyl groups is 2. The molecule has 1 aromatic carbocycles. The van der Waals surface area contributed by atoms with Crippen molar-refractivity contribution in [3.05, 3.63) is 33.5 Å². The van der Waals surface area contributed by atoms with Crippen molar-refractivity contribution in [2.24, 2.45) is 0 Å². The molecule has 0 radical (unpaired) electrons. The minimum absolute atomic E-state index is 0.0874. The maximum atomic E-state index is 11.4. The van der Waals surface area contributed by atoms with Crippen molar-refractivity contribution in [1.29, 1.82) is 0 Å². The number of benzene rings is 1. The molecule has 98 valence electrons. The van der Waals surface area contributed by atoms with Crippen molar-refractivity contribution >= 4 is 35.0 Å². The molecule has 1 aromatic rings. The number of carbonyl (C=O) groups is 1. The van der Waals surface area contributed by atoms with E-state index >= 15 is 0 Å². The topological polar surface area (TPSA) is 125 Å². The first-order chi connectivity index (χ1) is 8.88. The van der Waals surface area contributed by atoms with Gasteiger partial charge in [0.05, 0.1) is 4.92 Å². The Balaban J connectivity index is 2.47. The van der Waals surface area contributed by atoms with Gasteiger partial charge < -0.3 is 15.5 Å². The molecule has 1 saturated heterocycles. The number of nitro groups is 1. The number of thiocarbonyl (C=S) groups is 1. The average molecular weight is 281 g/mol. The molecule has 0 saturated carbocycles. The van der Waals surface area contributed by atoms with E-state index < -0.39 is 28.0 Å². The van der Waals surface area contributed by atoms with Crippen LogP contribution in [0.2, 0.25) is 0 Å². The number of phenolic OH excluding ortho intramolecular Hbond substituents is 2. The Morgan fingerprint density at radius 2 is 2.00 bits per heavy atom. The third-order valence-corrected chi connectivity index (χ3v) is 2.52. The van der Waals surface area contributed by atoms with Crippen LogP contribution in [0.4, 0.5) is 5.69 Å². The summed E-state index contributed by atoms with van der Waals surface area (Å²) in [7, 11) is 0. The molecule has 0 unspecified atom stereocenters. The number of phenols is 2. The quantitative estimate of drug-likeness (QED) is 0.203. The summed E-state index contributed by atoms with van der Waals surface area (Å²) in [6, 6.07) is 2.12. The van der Waals surface area contributed by atoms with Crippen molar-refractivity contribution in [3.8, 4) is 11.5 Å². The standard InChI is InChI=1S/C10H7N3O5S/c14-7-3-4(2-6(8(7)15)13(17)18)1-5-9(16)12-10(19)11-5/h1-3,14-15H,(H2,11,12,16,19). The number of nitrogens with one attached hydrogen (secondary N) is 2. The van der Waals surface area contributed by atoms with Gasteiger partial charge in [0.25, 0.3) is 5.91 Å². The van der Waals surface area contributed by atoms with Crippen LogP contribution in [0.3, 0.4) is 0 Å². The molecule has 19 heavy (non-hydrogen) atoms. The number of hydrogen-bond donors (Lipinski definition) is 4. The Bertz CT molecular complexity index is 640. The van der Waals surface area contributed by atoms with Crippen LogP contribution in [-0.4, -0.2) is 26.2 Å². The third kappa shape index (κ3) is 2.45. The molecule has 4 N–H and O–H groups in total. The molecule has 2 rings (SSSR count). The van der Waals surface area contributed by atoms with E-state index in [1.165, 1.54) is 6.08 Å². The number of nitro benzene ring substituents is 1. The van der Waals surface area contributed by atoms with Crippen LogP contribution in [0.1, 0.15) is 5.56 Å². The number of carbonyl (C=O) groups excluding carboxylic acids is 1. The van der Waals surface area contributed by atoms with E-state index in [0.29, 0.717) is 0 Å². The van der Waals surface area contributed by atoms with Crippen molar-refractivity contribution < 1.29 is 19.9 Å². The monoisotopic (exact) mass is 281 g/mol. The summed E-state index contributed by atoms with van der Waals surface area (Å²) in [5.41, 5.74) is -0.401. The third-order valence-electron chi connectivity index (χ3n) is 2.32. The van der Waals surface area contributed by atoms with Gasteiger partial charge in [-0.3, -0.25) is 20.2 Å². The molecule has 1 aliphatic heterocycles. The molecule has 8 nitrogen and oxygen atoms in total. The maximum absolute atomic E-state index is 11.4.